The molecule has 3 rings (SSSR count). The van der Waals surface area contributed by atoms with Crippen molar-refractivity contribution in [1.29, 1.82) is 0 Å². The Labute approximate surface area is 148 Å². The van der Waals surface area contributed by atoms with E-state index in [1.54, 1.807) is 16.7 Å². The van der Waals surface area contributed by atoms with Gasteiger partial charge >= 0.3 is 6.09 Å². The van der Waals surface area contributed by atoms with Crippen LogP contribution in [-0.4, -0.2) is 64.8 Å². The lowest BCUT2D eigenvalue weighted by Gasteiger charge is -2.33. The van der Waals surface area contributed by atoms with Crippen molar-refractivity contribution in [2.45, 2.75) is 6.92 Å². The van der Waals surface area contributed by atoms with E-state index in [4.69, 9.17) is 4.74 Å². The number of hydrogen-bond donors (Lipinski definition) is 1. The van der Waals surface area contributed by atoms with Crippen LogP contribution in [0.15, 0.2) is 24.3 Å². The van der Waals surface area contributed by atoms with Gasteiger partial charge in [0, 0.05) is 31.7 Å². The highest BCUT2D eigenvalue weighted by Gasteiger charge is 2.26. The van der Waals surface area contributed by atoms with Crippen LogP contribution in [0.1, 0.15) is 17.4 Å². The summed E-state index contributed by atoms with van der Waals surface area (Å²) in [6.07, 6.45) is -0.387. The third kappa shape index (κ3) is 3.66. The predicted octanol–water partition coefficient (Wildman–Crippen LogP) is 2.27. The van der Waals surface area contributed by atoms with Gasteiger partial charge in [-0.1, -0.05) is 0 Å². The number of carbonyl (C=O) groups is 2. The summed E-state index contributed by atoms with van der Waals surface area (Å²) in [7, 11) is 0. The Kier molecular flexibility index (Phi) is 5.15. The van der Waals surface area contributed by atoms with E-state index in [9.17, 15) is 18.4 Å². The van der Waals surface area contributed by atoms with Gasteiger partial charge in [0.15, 0.2) is 11.6 Å². The lowest BCUT2D eigenvalue weighted by Crippen LogP contribution is -2.50. The molecule has 0 unspecified atom stereocenters. The highest BCUT2D eigenvalue weighted by atomic mass is 19.2. The summed E-state index contributed by atoms with van der Waals surface area (Å²) < 4.78 is 31.3. The molecule has 1 N–H and O–H groups in total. The zero-order chi connectivity index (χ0) is 18.7. The third-order valence-corrected chi connectivity index (χ3v) is 4.12. The van der Waals surface area contributed by atoms with Crippen molar-refractivity contribution in [3.05, 3.63) is 41.6 Å². The summed E-state index contributed by atoms with van der Waals surface area (Å²) in [5.74, 6) is -2.19. The Hall–Kier alpha value is -2.97. The molecule has 9 heteroatoms. The number of piperazine rings is 1. The van der Waals surface area contributed by atoms with Crippen molar-refractivity contribution in [1.82, 2.24) is 20.0 Å². The standard InChI is InChI=1S/C17H18F2N4O3/c1-2-26-17(25)23-7-5-22(6-8-23)16(24)15-10-14(20-21-15)11-3-4-12(18)13(19)9-11/h3-4,9-10H,2,5-8H2,1H3,(H,20,21). The van der Waals surface area contributed by atoms with Crippen LogP contribution in [0.25, 0.3) is 11.3 Å². The maximum atomic E-state index is 13.3. The number of nitrogens with one attached hydrogen (secondary N) is 1. The first kappa shape index (κ1) is 17.8. The SMILES string of the molecule is CCOC(=O)N1CCN(C(=O)c2cc(-c3ccc(F)c(F)c3)n[nH]2)CC1. The number of aromatic amines is 1. The van der Waals surface area contributed by atoms with Crippen LogP contribution in [0.3, 0.4) is 0 Å². The fraction of sp³-hybridized carbons (Fsp3) is 0.353. The molecule has 1 aliphatic rings. The van der Waals surface area contributed by atoms with Crippen molar-refractivity contribution in [2.75, 3.05) is 32.8 Å². The van der Waals surface area contributed by atoms with Gasteiger partial charge < -0.3 is 14.5 Å². The van der Waals surface area contributed by atoms with E-state index in [2.05, 4.69) is 10.2 Å². The summed E-state index contributed by atoms with van der Waals surface area (Å²) in [4.78, 5) is 27.4. The van der Waals surface area contributed by atoms with Gasteiger partial charge in [-0.05, 0) is 31.2 Å². The second-order valence-electron chi connectivity index (χ2n) is 5.77. The summed E-state index contributed by atoms with van der Waals surface area (Å²) in [6.45, 7) is 3.55. The van der Waals surface area contributed by atoms with E-state index < -0.39 is 11.6 Å². The van der Waals surface area contributed by atoms with Crippen LogP contribution in [0, 0.1) is 11.6 Å². The van der Waals surface area contributed by atoms with Crippen LogP contribution in [0.4, 0.5) is 13.6 Å². The van der Waals surface area contributed by atoms with E-state index in [1.807, 2.05) is 0 Å². The number of aromatic nitrogens is 2. The third-order valence-electron chi connectivity index (χ3n) is 4.12. The summed E-state index contributed by atoms with van der Waals surface area (Å²) in [5.41, 5.74) is 0.957. The van der Waals surface area contributed by atoms with E-state index in [0.29, 0.717) is 44.0 Å². The Morgan fingerprint density at radius 3 is 2.46 bits per heavy atom. The van der Waals surface area contributed by atoms with E-state index in [1.165, 1.54) is 12.1 Å². The number of H-pyrrole nitrogens is 1. The molecule has 0 bridgehead atoms. The summed E-state index contributed by atoms with van der Waals surface area (Å²) in [6, 6.07) is 4.92. The Morgan fingerprint density at radius 1 is 1.12 bits per heavy atom. The van der Waals surface area contributed by atoms with E-state index in [-0.39, 0.29) is 17.7 Å². The quantitative estimate of drug-likeness (QED) is 0.906. The first-order chi connectivity index (χ1) is 12.5. The molecule has 1 fully saturated rings. The maximum absolute atomic E-state index is 13.3. The van der Waals surface area contributed by atoms with Gasteiger partial charge in [-0.2, -0.15) is 5.10 Å². The minimum absolute atomic E-state index is 0.245. The fourth-order valence-corrected chi connectivity index (χ4v) is 2.71. The minimum Gasteiger partial charge on any atom is -0.450 e. The normalized spacial score (nSPS) is 14.4. The number of rotatable bonds is 3. The zero-order valence-electron chi connectivity index (χ0n) is 14.2. The molecule has 2 heterocycles. The molecule has 138 valence electrons. The Morgan fingerprint density at radius 2 is 1.81 bits per heavy atom. The maximum Gasteiger partial charge on any atom is 0.409 e. The lowest BCUT2D eigenvalue weighted by atomic mass is 10.1. The first-order valence-corrected chi connectivity index (χ1v) is 8.21. The number of carbonyl (C=O) groups excluding carboxylic acids is 2. The van der Waals surface area contributed by atoms with Crippen molar-refractivity contribution in [3.63, 3.8) is 0 Å². The monoisotopic (exact) mass is 364 g/mol. The molecule has 1 aromatic carbocycles. The molecular weight excluding hydrogens is 346 g/mol. The molecule has 0 spiro atoms. The number of ether oxygens (including phenoxy) is 1. The van der Waals surface area contributed by atoms with E-state index in [0.717, 1.165) is 12.1 Å². The molecule has 26 heavy (non-hydrogen) atoms. The molecule has 2 amide bonds. The van der Waals surface area contributed by atoms with E-state index >= 15 is 0 Å². The van der Waals surface area contributed by atoms with Gasteiger partial charge in [-0.25, -0.2) is 13.6 Å². The smallest absolute Gasteiger partial charge is 0.409 e. The average Bonchev–Trinajstić information content (AvgIpc) is 3.14. The molecule has 0 radical (unpaired) electrons. The molecule has 1 aliphatic heterocycles. The largest absolute Gasteiger partial charge is 0.450 e. The van der Waals surface area contributed by atoms with Gasteiger partial charge in [0.2, 0.25) is 0 Å². The molecule has 7 nitrogen and oxygen atoms in total. The van der Waals surface area contributed by atoms with Crippen molar-refractivity contribution in [2.24, 2.45) is 0 Å². The Balaban J connectivity index is 1.65. The molecule has 2 aromatic rings. The zero-order valence-corrected chi connectivity index (χ0v) is 14.2. The number of halogens is 2. The average molecular weight is 364 g/mol. The first-order valence-electron chi connectivity index (χ1n) is 8.21. The molecular formula is C17H18F2N4O3. The number of benzene rings is 1. The van der Waals surface area contributed by atoms with Crippen molar-refractivity contribution in [3.8, 4) is 11.3 Å². The number of nitrogens with zero attached hydrogens (tertiary/aromatic N) is 3. The fourth-order valence-electron chi connectivity index (χ4n) is 2.71. The second-order valence-corrected chi connectivity index (χ2v) is 5.77. The van der Waals surface area contributed by atoms with Gasteiger partial charge in [0.25, 0.3) is 5.91 Å². The molecule has 1 saturated heterocycles. The van der Waals surface area contributed by atoms with Crippen LogP contribution in [-0.2, 0) is 4.74 Å². The highest BCUT2D eigenvalue weighted by molar-refractivity contribution is 5.93. The molecule has 1 aromatic heterocycles. The number of hydrogen-bond acceptors (Lipinski definition) is 4. The second kappa shape index (κ2) is 7.51. The summed E-state index contributed by atoms with van der Waals surface area (Å²) in [5, 5.41) is 6.62. The van der Waals surface area contributed by atoms with Gasteiger partial charge in [-0.3, -0.25) is 9.89 Å². The summed E-state index contributed by atoms with van der Waals surface area (Å²) >= 11 is 0. The van der Waals surface area contributed by atoms with Crippen LogP contribution in [0.2, 0.25) is 0 Å². The van der Waals surface area contributed by atoms with Gasteiger partial charge in [0.05, 0.1) is 12.3 Å². The predicted molar refractivity (Wildman–Crippen MR) is 88.4 cm³/mol. The lowest BCUT2D eigenvalue weighted by molar-refractivity contribution is 0.0566. The van der Waals surface area contributed by atoms with Crippen molar-refractivity contribution < 1.29 is 23.1 Å². The molecule has 0 aliphatic carbocycles. The minimum atomic E-state index is -0.978. The highest BCUT2D eigenvalue weighted by Crippen LogP contribution is 2.21. The Bertz CT molecular complexity index is 816. The molecule has 0 saturated carbocycles. The van der Waals surface area contributed by atoms with Crippen LogP contribution in [0.5, 0.6) is 0 Å². The van der Waals surface area contributed by atoms with Gasteiger partial charge in [0.1, 0.15) is 5.69 Å². The van der Waals surface area contributed by atoms with Crippen molar-refractivity contribution >= 4 is 12.0 Å². The van der Waals surface area contributed by atoms with Crippen LogP contribution < -0.4 is 0 Å². The topological polar surface area (TPSA) is 78.5 Å². The van der Waals surface area contributed by atoms with Gasteiger partial charge in [-0.15, -0.1) is 0 Å². The number of amides is 2. The van der Waals surface area contributed by atoms with Crippen LogP contribution >= 0.6 is 0 Å². The molecule has 0 atom stereocenters.